The number of aromatic nitrogens is 2. The smallest absolute Gasteiger partial charge is 0.335 e. The molecule has 1 aromatic heterocycles. The van der Waals surface area contributed by atoms with Crippen LogP contribution >= 0.6 is 11.8 Å². The van der Waals surface area contributed by atoms with Crippen molar-refractivity contribution in [1.82, 2.24) is 9.97 Å². The van der Waals surface area contributed by atoms with Gasteiger partial charge in [0, 0.05) is 16.8 Å². The molecule has 4 aromatic rings. The van der Waals surface area contributed by atoms with Crippen LogP contribution in [0.15, 0.2) is 90.1 Å². The van der Waals surface area contributed by atoms with Crippen molar-refractivity contribution >= 4 is 29.3 Å². The molecule has 0 aliphatic rings. The number of amides is 1. The molecule has 0 aliphatic carbocycles. The molecule has 1 heterocycles. The standard InChI is InChI=1S/C26H23N3O3S/c1-2-21(24(30)27-20-15-13-19(14-16-20)25(31)32)33-26-28-22(17-9-5-3-6-10-17)23(29-26)18-11-7-4-8-12-18/h3-16,21H,2H2,1H3,(H,27,30)(H,28,29)(H,31,32). The predicted octanol–water partition coefficient (Wildman–Crippen LogP) is 5.95. The SMILES string of the molecule is CCC(Sc1nc(-c2ccccc2)c(-c2ccccc2)[nH]1)C(=O)Nc1ccc(C(=O)O)cc1. The van der Waals surface area contributed by atoms with Crippen LogP contribution < -0.4 is 5.32 Å². The molecule has 33 heavy (non-hydrogen) atoms. The molecule has 0 fully saturated rings. The molecule has 7 heteroatoms. The van der Waals surface area contributed by atoms with Gasteiger partial charge in [-0.1, -0.05) is 79.3 Å². The maximum atomic E-state index is 12.9. The summed E-state index contributed by atoms with van der Waals surface area (Å²) in [5.41, 5.74) is 4.49. The quantitative estimate of drug-likeness (QED) is 0.284. The number of thioether (sulfide) groups is 1. The van der Waals surface area contributed by atoms with Gasteiger partial charge in [0.15, 0.2) is 5.16 Å². The zero-order chi connectivity index (χ0) is 23.2. The molecule has 0 saturated heterocycles. The monoisotopic (exact) mass is 457 g/mol. The number of anilines is 1. The third-order valence-corrected chi connectivity index (χ3v) is 6.36. The fourth-order valence-corrected chi connectivity index (χ4v) is 4.31. The van der Waals surface area contributed by atoms with E-state index in [-0.39, 0.29) is 16.7 Å². The molecule has 1 amide bonds. The molecule has 0 aliphatic heterocycles. The Balaban J connectivity index is 1.57. The van der Waals surface area contributed by atoms with Crippen molar-refractivity contribution in [1.29, 1.82) is 0 Å². The maximum Gasteiger partial charge on any atom is 0.335 e. The van der Waals surface area contributed by atoms with Crippen LogP contribution in [0.3, 0.4) is 0 Å². The lowest BCUT2D eigenvalue weighted by Gasteiger charge is -2.13. The number of imidazole rings is 1. The van der Waals surface area contributed by atoms with Crippen molar-refractivity contribution in [3.05, 3.63) is 90.5 Å². The van der Waals surface area contributed by atoms with E-state index in [4.69, 9.17) is 10.1 Å². The van der Waals surface area contributed by atoms with Crippen molar-refractivity contribution in [3.63, 3.8) is 0 Å². The molecule has 6 nitrogen and oxygen atoms in total. The van der Waals surface area contributed by atoms with Gasteiger partial charge >= 0.3 is 5.97 Å². The highest BCUT2D eigenvalue weighted by molar-refractivity contribution is 8.00. The molecule has 1 unspecified atom stereocenters. The van der Waals surface area contributed by atoms with E-state index in [9.17, 15) is 9.59 Å². The second-order valence-corrected chi connectivity index (χ2v) is 8.58. The molecular weight excluding hydrogens is 434 g/mol. The Labute approximate surface area is 196 Å². The second-order valence-electron chi connectivity index (χ2n) is 7.38. The van der Waals surface area contributed by atoms with Crippen LogP contribution in [0, 0.1) is 0 Å². The number of aromatic carboxylic acids is 1. The van der Waals surface area contributed by atoms with E-state index in [1.165, 1.54) is 23.9 Å². The van der Waals surface area contributed by atoms with Gasteiger partial charge in [-0.15, -0.1) is 0 Å². The Morgan fingerprint density at radius 3 is 2.12 bits per heavy atom. The molecular formula is C26H23N3O3S. The van der Waals surface area contributed by atoms with Crippen LogP contribution in [0.25, 0.3) is 22.5 Å². The van der Waals surface area contributed by atoms with Gasteiger partial charge in [0.2, 0.25) is 5.91 Å². The van der Waals surface area contributed by atoms with E-state index in [0.29, 0.717) is 17.3 Å². The highest BCUT2D eigenvalue weighted by Crippen LogP contribution is 2.34. The van der Waals surface area contributed by atoms with Gasteiger partial charge < -0.3 is 15.4 Å². The summed E-state index contributed by atoms with van der Waals surface area (Å²) in [5, 5.41) is 12.2. The molecule has 166 valence electrons. The molecule has 0 bridgehead atoms. The van der Waals surface area contributed by atoms with Gasteiger partial charge in [0.05, 0.1) is 22.2 Å². The fraction of sp³-hybridized carbons (Fsp3) is 0.115. The van der Waals surface area contributed by atoms with Crippen LogP contribution in [-0.4, -0.2) is 32.2 Å². The Bertz CT molecular complexity index is 1180. The third-order valence-electron chi connectivity index (χ3n) is 5.11. The van der Waals surface area contributed by atoms with E-state index in [1.807, 2.05) is 67.6 Å². The van der Waals surface area contributed by atoms with Crippen LogP contribution in [0.5, 0.6) is 0 Å². The first-order valence-corrected chi connectivity index (χ1v) is 11.4. The average molecular weight is 458 g/mol. The van der Waals surface area contributed by atoms with E-state index in [0.717, 1.165) is 22.5 Å². The van der Waals surface area contributed by atoms with Crippen LogP contribution in [0.1, 0.15) is 23.7 Å². The number of carbonyl (C=O) groups is 2. The normalized spacial score (nSPS) is 11.7. The number of hydrogen-bond donors (Lipinski definition) is 3. The Morgan fingerprint density at radius 2 is 1.55 bits per heavy atom. The lowest BCUT2D eigenvalue weighted by Crippen LogP contribution is -2.24. The van der Waals surface area contributed by atoms with Crippen molar-refractivity contribution in [2.75, 3.05) is 5.32 Å². The minimum Gasteiger partial charge on any atom is -0.478 e. The second kappa shape index (κ2) is 10.2. The van der Waals surface area contributed by atoms with E-state index >= 15 is 0 Å². The Morgan fingerprint density at radius 1 is 0.939 bits per heavy atom. The van der Waals surface area contributed by atoms with Crippen LogP contribution in [0.4, 0.5) is 5.69 Å². The number of H-pyrrole nitrogens is 1. The topological polar surface area (TPSA) is 95.1 Å². The molecule has 4 rings (SSSR count). The van der Waals surface area contributed by atoms with Gasteiger partial charge in [0.1, 0.15) is 0 Å². The minimum atomic E-state index is -1.00. The van der Waals surface area contributed by atoms with Gasteiger partial charge in [-0.3, -0.25) is 4.79 Å². The van der Waals surface area contributed by atoms with Crippen LogP contribution in [-0.2, 0) is 4.79 Å². The zero-order valence-electron chi connectivity index (χ0n) is 18.0. The molecule has 1 atom stereocenters. The molecule has 0 radical (unpaired) electrons. The zero-order valence-corrected chi connectivity index (χ0v) is 18.8. The summed E-state index contributed by atoms with van der Waals surface area (Å²) in [7, 11) is 0. The van der Waals surface area contributed by atoms with E-state index in [2.05, 4.69) is 10.3 Å². The first-order chi connectivity index (χ1) is 16.0. The summed E-state index contributed by atoms with van der Waals surface area (Å²) in [6.45, 7) is 1.95. The third kappa shape index (κ3) is 5.32. The summed E-state index contributed by atoms with van der Waals surface area (Å²) >= 11 is 1.38. The predicted molar refractivity (Wildman–Crippen MR) is 131 cm³/mol. The van der Waals surface area contributed by atoms with Crippen molar-refractivity contribution in [2.24, 2.45) is 0 Å². The molecule has 3 aromatic carbocycles. The number of carbonyl (C=O) groups excluding carboxylic acids is 1. The summed E-state index contributed by atoms with van der Waals surface area (Å²) in [6.07, 6.45) is 0.603. The maximum absolute atomic E-state index is 12.9. The highest BCUT2D eigenvalue weighted by Gasteiger charge is 2.22. The molecule has 0 saturated carbocycles. The molecule has 3 N–H and O–H groups in total. The summed E-state index contributed by atoms with van der Waals surface area (Å²) in [6, 6.07) is 26.1. The average Bonchev–Trinajstić information content (AvgIpc) is 3.28. The number of hydrogen-bond acceptors (Lipinski definition) is 4. The number of benzene rings is 3. The number of carboxylic acid groups (broad SMARTS) is 1. The van der Waals surface area contributed by atoms with Crippen molar-refractivity contribution < 1.29 is 14.7 Å². The first kappa shape index (κ1) is 22.4. The first-order valence-electron chi connectivity index (χ1n) is 10.6. The lowest BCUT2D eigenvalue weighted by atomic mass is 10.1. The number of aromatic amines is 1. The minimum absolute atomic E-state index is 0.163. The Hall–Kier alpha value is -3.84. The number of nitrogens with zero attached hydrogens (tertiary/aromatic N) is 1. The summed E-state index contributed by atoms with van der Waals surface area (Å²) < 4.78 is 0. The van der Waals surface area contributed by atoms with Gasteiger partial charge in [-0.25, -0.2) is 9.78 Å². The van der Waals surface area contributed by atoms with Gasteiger partial charge in [0.25, 0.3) is 0 Å². The van der Waals surface area contributed by atoms with Gasteiger partial charge in [-0.05, 0) is 30.7 Å². The van der Waals surface area contributed by atoms with Crippen molar-refractivity contribution in [3.8, 4) is 22.5 Å². The fourth-order valence-electron chi connectivity index (χ4n) is 3.40. The molecule has 0 spiro atoms. The highest BCUT2D eigenvalue weighted by atomic mass is 32.2. The summed E-state index contributed by atoms with van der Waals surface area (Å²) in [4.78, 5) is 32.2. The Kier molecular flexibility index (Phi) is 6.90. The lowest BCUT2D eigenvalue weighted by molar-refractivity contribution is -0.115. The van der Waals surface area contributed by atoms with Crippen molar-refractivity contribution in [2.45, 2.75) is 23.8 Å². The number of carboxylic acids is 1. The number of nitrogens with one attached hydrogen (secondary N) is 2. The number of rotatable bonds is 8. The summed E-state index contributed by atoms with van der Waals surface area (Å²) in [5.74, 6) is -1.17. The van der Waals surface area contributed by atoms with E-state index < -0.39 is 5.97 Å². The van der Waals surface area contributed by atoms with Gasteiger partial charge in [-0.2, -0.15) is 0 Å². The largest absolute Gasteiger partial charge is 0.478 e. The van der Waals surface area contributed by atoms with E-state index in [1.54, 1.807) is 12.1 Å². The van der Waals surface area contributed by atoms with Crippen LogP contribution in [0.2, 0.25) is 0 Å².